The summed E-state index contributed by atoms with van der Waals surface area (Å²) >= 11 is 3.58. The van der Waals surface area contributed by atoms with Crippen LogP contribution < -0.4 is 108 Å². The van der Waals surface area contributed by atoms with Gasteiger partial charge in [0.05, 0.1) is 0 Å². The molecule has 0 radical (unpaired) electrons. The molecule has 0 spiro atoms. The van der Waals surface area contributed by atoms with Gasteiger partial charge < -0.3 is 39.6 Å². The third-order valence-corrected chi connectivity index (χ3v) is 2.09. The predicted octanol–water partition coefficient (Wildman–Crippen LogP) is -2.92. The number of nitrogens with zero attached hydrogens (tertiary/aromatic N) is 2. The first-order valence-corrected chi connectivity index (χ1v) is 6.63. The Kier molecular flexibility index (Phi) is 36.1. The van der Waals surface area contributed by atoms with Crippen LogP contribution in [0.5, 0.6) is 0 Å². The third-order valence-electron chi connectivity index (χ3n) is 2.09. The zero-order valence-corrected chi connectivity index (χ0v) is 21.9. The summed E-state index contributed by atoms with van der Waals surface area (Å²) in [6.45, 7) is 7.50. The van der Waals surface area contributed by atoms with Crippen molar-refractivity contribution in [2.75, 3.05) is 25.8 Å². The molecule has 0 aliphatic rings. The molecule has 0 saturated carbocycles. The molecule has 1 aromatic carbocycles. The van der Waals surface area contributed by atoms with Crippen LogP contribution in [-0.4, -0.2) is 39.1 Å². The van der Waals surface area contributed by atoms with E-state index in [-0.39, 0.29) is 103 Å². The number of allylic oxidation sites excluding steroid dienone is 2. The molecule has 0 amide bonds. The maximum atomic E-state index is 10.1. The molecule has 120 valence electrons. The van der Waals surface area contributed by atoms with Crippen molar-refractivity contribution in [1.82, 2.24) is 0 Å². The molecule has 0 saturated heterocycles. The summed E-state index contributed by atoms with van der Waals surface area (Å²) in [5.41, 5.74) is 1.64. The van der Waals surface area contributed by atoms with Crippen molar-refractivity contribution in [3.8, 4) is 0 Å². The van der Waals surface area contributed by atoms with Crippen LogP contribution in [0.1, 0.15) is 5.56 Å². The van der Waals surface area contributed by atoms with E-state index in [1.807, 2.05) is 31.3 Å². The van der Waals surface area contributed by atoms with Crippen molar-refractivity contribution in [3.05, 3.63) is 61.6 Å². The Bertz CT molecular complexity index is 481. The molecule has 4 nitrogen and oxygen atoms in total. The van der Waals surface area contributed by atoms with E-state index in [0.717, 1.165) is 11.3 Å². The van der Waals surface area contributed by atoms with Crippen LogP contribution in [0.15, 0.2) is 48.1 Å². The number of carbonyl (C=O) groups excluding carboxylic acids is 1. The van der Waals surface area contributed by atoms with E-state index in [1.165, 1.54) is 6.08 Å². The normalized spacial score (nSPS) is 8.62. The van der Waals surface area contributed by atoms with Crippen LogP contribution in [0.4, 0.5) is 5.69 Å². The van der Waals surface area contributed by atoms with Crippen LogP contribution in [-0.2, 0) is 9.53 Å². The smallest absolute Gasteiger partial charge is 0.442 e. The molecule has 0 bridgehead atoms. The van der Waals surface area contributed by atoms with Gasteiger partial charge >= 0.3 is 103 Å². The topological polar surface area (TPSA) is 41.9 Å². The van der Waals surface area contributed by atoms with Crippen molar-refractivity contribution in [1.29, 1.82) is 0 Å². The van der Waals surface area contributed by atoms with E-state index in [2.05, 4.69) is 47.5 Å². The molecule has 0 fully saturated rings. The molecule has 0 aromatic heterocycles. The van der Waals surface area contributed by atoms with Gasteiger partial charge in [-0.1, -0.05) is 19.3 Å². The Morgan fingerprint density at radius 3 is 2.42 bits per heavy atom. The summed E-state index contributed by atoms with van der Waals surface area (Å²) < 4.78 is 4.43. The van der Waals surface area contributed by atoms with Gasteiger partial charge in [-0.3, -0.25) is 11.6 Å². The average molecular weight is 395 g/mol. The molecule has 7 heteroatoms. The number of thiocarbonyl (C=S) groups is 1. The Morgan fingerprint density at radius 1 is 1.42 bits per heavy atom. The number of anilines is 1. The number of hydrogen-bond acceptors (Lipinski definition) is 5. The maximum Gasteiger partial charge on any atom is 1.00 e. The minimum atomic E-state index is 0. The van der Waals surface area contributed by atoms with Crippen LogP contribution in [0.2, 0.25) is 0 Å². The predicted molar refractivity (Wildman–Crippen MR) is 97.0 cm³/mol. The zero-order valence-electron chi connectivity index (χ0n) is 14.9. The van der Waals surface area contributed by atoms with E-state index < -0.39 is 0 Å². The largest absolute Gasteiger partial charge is 1.00 e. The molecule has 24 heavy (non-hydrogen) atoms. The van der Waals surface area contributed by atoms with Gasteiger partial charge in [0.2, 0.25) is 0 Å². The van der Waals surface area contributed by atoms with Crippen molar-refractivity contribution < 1.29 is 112 Å². The quantitative estimate of drug-likeness (QED) is 0.129. The van der Waals surface area contributed by atoms with E-state index in [0.29, 0.717) is 6.61 Å². The number of methoxy groups -OCH3 is 1. The van der Waals surface area contributed by atoms with Crippen LogP contribution in [0, 0.1) is 13.0 Å². The van der Waals surface area contributed by atoms with E-state index in [1.54, 1.807) is 30.7 Å². The molecule has 1 aromatic rings. The van der Waals surface area contributed by atoms with Gasteiger partial charge in [0, 0.05) is 20.4 Å². The van der Waals surface area contributed by atoms with Gasteiger partial charge in [-0.05, 0) is 12.4 Å². The number of para-hydroxylation sites is 1. The molecule has 0 unspecified atom stereocenters. The van der Waals surface area contributed by atoms with Gasteiger partial charge in [0.15, 0.2) is 0 Å². The third kappa shape index (κ3) is 18.0. The molecular weight excluding hydrogens is 374 g/mol. The molecule has 1 rings (SSSR count). The fourth-order valence-corrected chi connectivity index (χ4v) is 1.19. The standard InChI is InChI=1S/C13H12N2O.C3H7O.CHS.2K/c1-3-10-14-15(2)13-9-5-4-7-12(13)8-6-11-16;1-3-4-2;1-2;;/h3-7,9-10H,1H2,2H3;1,3H2,2H3;1H;;/q-2;2*-1;2*+1/b14-10-;;;;. The van der Waals surface area contributed by atoms with E-state index in [9.17, 15) is 4.79 Å². The summed E-state index contributed by atoms with van der Waals surface area (Å²) in [7, 11) is 3.43. The molecule has 0 atom stereocenters. The monoisotopic (exact) mass is 394 g/mol. The summed E-state index contributed by atoms with van der Waals surface area (Å²) in [4.78, 5) is 10.1. The summed E-state index contributed by atoms with van der Waals surface area (Å²) in [6, 6.07) is 7.51. The van der Waals surface area contributed by atoms with Gasteiger partial charge in [-0.2, -0.15) is 5.10 Å². The average Bonchev–Trinajstić information content (AvgIpc) is 2.60. The Morgan fingerprint density at radius 2 is 1.96 bits per heavy atom. The Hall–Kier alpha value is 1.16. The first kappa shape index (κ1) is 32.8. The van der Waals surface area contributed by atoms with E-state index >= 15 is 0 Å². The van der Waals surface area contributed by atoms with Crippen molar-refractivity contribution >= 4 is 36.3 Å². The minimum absolute atomic E-state index is 0. The second-order valence-corrected chi connectivity index (χ2v) is 3.44. The van der Waals surface area contributed by atoms with Gasteiger partial charge in [-0.25, -0.2) is 12.1 Å². The van der Waals surface area contributed by atoms with Crippen molar-refractivity contribution in [2.45, 2.75) is 0 Å². The van der Waals surface area contributed by atoms with Gasteiger partial charge in [0.25, 0.3) is 0 Å². The molecule has 0 aliphatic heterocycles. The molecule has 0 N–H and O–H groups in total. The SMILES string of the molecule is C=C/C=N\N(C)c1ccccc1[C-]=C[C-]=O.[CH-]=S.[CH2-]COC.[K+].[K+]. The first-order valence-electron chi connectivity index (χ1n) is 6.16. The van der Waals surface area contributed by atoms with Gasteiger partial charge in [-0.15, -0.1) is 17.8 Å². The maximum absolute atomic E-state index is 10.1. The Labute approximate surface area is 236 Å². The number of rotatable bonds is 6. The molecular formula is C17H20K2N2O2S-2. The summed E-state index contributed by atoms with van der Waals surface area (Å²) in [5, 5.41) is 5.80. The second-order valence-electron chi connectivity index (χ2n) is 3.44. The van der Waals surface area contributed by atoms with Gasteiger partial charge in [0.1, 0.15) is 0 Å². The first-order chi connectivity index (χ1) is 10.7. The number of hydrogen-bond donors (Lipinski definition) is 0. The fraction of sp³-hybridized carbons (Fsp3) is 0.176. The minimum Gasteiger partial charge on any atom is -0.442 e. The van der Waals surface area contributed by atoms with Crippen LogP contribution in [0.25, 0.3) is 0 Å². The number of hydrazone groups is 1. The van der Waals surface area contributed by atoms with Crippen molar-refractivity contribution in [3.63, 3.8) is 0 Å². The van der Waals surface area contributed by atoms with Crippen LogP contribution in [0.3, 0.4) is 0 Å². The van der Waals surface area contributed by atoms with Crippen molar-refractivity contribution in [2.24, 2.45) is 5.10 Å². The summed E-state index contributed by atoms with van der Waals surface area (Å²) in [6.07, 6.45) is 8.89. The second kappa shape index (κ2) is 26.4. The molecule has 0 heterocycles. The van der Waals surface area contributed by atoms with E-state index in [4.69, 9.17) is 0 Å². The molecule has 0 aliphatic carbocycles. The summed E-state index contributed by atoms with van der Waals surface area (Å²) in [5.74, 6) is 4.08. The Balaban J connectivity index is -0.000000220. The number of ether oxygens (including phenoxy) is 1. The zero-order chi connectivity index (χ0) is 17.2. The van der Waals surface area contributed by atoms with Crippen LogP contribution >= 0.6 is 12.2 Å². The number of benzene rings is 1. The fourth-order valence-electron chi connectivity index (χ4n) is 1.19.